The minimum Gasteiger partial charge on any atom is -0.310 e. The first-order valence-corrected chi connectivity index (χ1v) is 9.55. The highest BCUT2D eigenvalue weighted by atomic mass is 15.0. The molecule has 0 radical (unpaired) electrons. The van der Waals surface area contributed by atoms with Crippen LogP contribution in [0.5, 0.6) is 0 Å². The van der Waals surface area contributed by atoms with Gasteiger partial charge in [0.15, 0.2) is 0 Å². The number of fused-ring (bicyclic) bond motifs is 5. The van der Waals surface area contributed by atoms with Crippen molar-refractivity contribution in [2.75, 3.05) is 0 Å². The molecule has 0 N–H and O–H groups in total. The van der Waals surface area contributed by atoms with Crippen molar-refractivity contribution in [3.05, 3.63) is 91.0 Å². The van der Waals surface area contributed by atoms with E-state index in [4.69, 9.17) is 0 Å². The third kappa shape index (κ3) is 1.96. The maximum atomic E-state index is 4.15. The van der Waals surface area contributed by atoms with E-state index in [1.54, 1.807) is 0 Å². The predicted molar refractivity (Wildman–Crippen MR) is 121 cm³/mol. The maximum Gasteiger partial charge on any atom is 0.246 e. The van der Waals surface area contributed by atoms with Crippen LogP contribution in [0.1, 0.15) is 0 Å². The first kappa shape index (κ1) is 15.5. The number of para-hydroxylation sites is 3. The van der Waals surface area contributed by atoms with Crippen LogP contribution in [-0.4, -0.2) is 18.0 Å². The number of hydrogen-bond acceptors (Lipinski definition) is 1. The highest BCUT2D eigenvalue weighted by molar-refractivity contribution is 6.98. The smallest absolute Gasteiger partial charge is 0.246 e. The molecular formula is C25H17BN2. The monoisotopic (exact) mass is 356 g/mol. The van der Waals surface area contributed by atoms with Crippen LogP contribution >= 0.6 is 0 Å². The minimum absolute atomic E-state index is 0.179. The van der Waals surface area contributed by atoms with E-state index in [0.29, 0.717) is 0 Å². The van der Waals surface area contributed by atoms with Crippen molar-refractivity contribution < 1.29 is 0 Å². The molecule has 1 aliphatic rings. The van der Waals surface area contributed by atoms with Crippen molar-refractivity contribution in [3.8, 4) is 5.69 Å². The van der Waals surface area contributed by atoms with E-state index in [-0.39, 0.29) is 6.71 Å². The quantitative estimate of drug-likeness (QED) is 0.330. The summed E-state index contributed by atoms with van der Waals surface area (Å²) in [6.45, 7) is 3.89. The van der Waals surface area contributed by atoms with Crippen LogP contribution in [0.25, 0.3) is 27.5 Å². The van der Waals surface area contributed by atoms with Crippen LogP contribution in [0.2, 0.25) is 0 Å². The van der Waals surface area contributed by atoms with Gasteiger partial charge in [0.1, 0.15) is 0 Å². The van der Waals surface area contributed by atoms with Crippen molar-refractivity contribution >= 4 is 57.3 Å². The van der Waals surface area contributed by atoms with E-state index in [0.717, 1.165) is 5.69 Å². The van der Waals surface area contributed by atoms with Gasteiger partial charge in [-0.2, -0.15) is 0 Å². The van der Waals surface area contributed by atoms with E-state index in [9.17, 15) is 0 Å². The fourth-order valence-corrected chi connectivity index (χ4v) is 4.79. The number of rotatable bonds is 2. The molecule has 5 aromatic rings. The van der Waals surface area contributed by atoms with Gasteiger partial charge in [-0.3, -0.25) is 4.99 Å². The Balaban J connectivity index is 1.80. The number of aliphatic imine (C=N–C) groups is 1. The molecule has 0 fully saturated rings. The standard InChI is InChI=1S/C25H17BN2/c1-27-18-9-6-8-17(16-18)26-21-12-3-5-15-24(21)28-23-14-4-2-10-19(23)20-11-7-13-22(26)25(20)28/h2-16H,1H2. The van der Waals surface area contributed by atoms with Gasteiger partial charge in [0, 0.05) is 22.0 Å². The summed E-state index contributed by atoms with van der Waals surface area (Å²) in [6, 6.07) is 32.6. The maximum absolute atomic E-state index is 4.15. The van der Waals surface area contributed by atoms with Crippen molar-refractivity contribution in [1.82, 2.24) is 4.57 Å². The molecule has 0 aliphatic carbocycles. The Labute approximate surface area is 163 Å². The van der Waals surface area contributed by atoms with Crippen LogP contribution in [0.4, 0.5) is 5.69 Å². The first-order chi connectivity index (χ1) is 13.9. The summed E-state index contributed by atoms with van der Waals surface area (Å²) >= 11 is 0. The summed E-state index contributed by atoms with van der Waals surface area (Å²) in [5, 5.41) is 2.61. The summed E-state index contributed by atoms with van der Waals surface area (Å²) < 4.78 is 2.43. The number of nitrogens with zero attached hydrogens (tertiary/aromatic N) is 2. The molecule has 2 heterocycles. The first-order valence-electron chi connectivity index (χ1n) is 9.55. The SMILES string of the molecule is C=Nc1cccc(B2c3ccccc3-n3c4ccccc4c4cccc2c43)c1. The van der Waals surface area contributed by atoms with Crippen molar-refractivity contribution in [2.24, 2.45) is 4.99 Å². The Morgan fingerprint density at radius 3 is 2.39 bits per heavy atom. The molecule has 3 heteroatoms. The zero-order valence-electron chi connectivity index (χ0n) is 15.3. The minimum atomic E-state index is 0.179. The Bertz CT molecular complexity index is 1400. The van der Waals surface area contributed by atoms with Gasteiger partial charge in [-0.1, -0.05) is 72.2 Å². The molecule has 0 bridgehead atoms. The van der Waals surface area contributed by atoms with Crippen LogP contribution in [0.3, 0.4) is 0 Å². The lowest BCUT2D eigenvalue weighted by Gasteiger charge is -2.27. The average Bonchev–Trinajstić information content (AvgIpc) is 3.10. The zero-order chi connectivity index (χ0) is 18.7. The van der Waals surface area contributed by atoms with Gasteiger partial charge < -0.3 is 4.57 Å². The van der Waals surface area contributed by atoms with Gasteiger partial charge in [-0.05, 0) is 41.9 Å². The molecule has 2 nitrogen and oxygen atoms in total. The van der Waals surface area contributed by atoms with E-state index in [1.807, 2.05) is 6.07 Å². The molecule has 0 unspecified atom stereocenters. The van der Waals surface area contributed by atoms with E-state index < -0.39 is 0 Å². The van der Waals surface area contributed by atoms with Gasteiger partial charge >= 0.3 is 0 Å². The topological polar surface area (TPSA) is 17.3 Å². The van der Waals surface area contributed by atoms with Gasteiger partial charge in [0.2, 0.25) is 6.71 Å². The second-order valence-electron chi connectivity index (χ2n) is 7.34. The molecule has 0 spiro atoms. The Kier molecular flexibility index (Phi) is 3.15. The number of benzene rings is 4. The van der Waals surface area contributed by atoms with E-state index in [2.05, 4.69) is 101 Å². The van der Waals surface area contributed by atoms with Crippen molar-refractivity contribution in [1.29, 1.82) is 0 Å². The Morgan fingerprint density at radius 2 is 1.46 bits per heavy atom. The van der Waals surface area contributed by atoms with E-state index >= 15 is 0 Å². The Hall–Kier alpha value is -3.59. The fraction of sp³-hybridized carbons (Fsp3) is 0. The molecule has 6 rings (SSSR count). The van der Waals surface area contributed by atoms with Gasteiger partial charge in [0.25, 0.3) is 0 Å². The molecule has 4 aromatic carbocycles. The van der Waals surface area contributed by atoms with Crippen LogP contribution in [0.15, 0.2) is 96.0 Å². The molecule has 0 saturated heterocycles. The van der Waals surface area contributed by atoms with Gasteiger partial charge in [0.05, 0.1) is 11.2 Å². The molecule has 0 atom stereocenters. The lowest BCUT2D eigenvalue weighted by Crippen LogP contribution is -2.55. The lowest BCUT2D eigenvalue weighted by atomic mass is 9.35. The molecule has 130 valence electrons. The van der Waals surface area contributed by atoms with Crippen molar-refractivity contribution in [2.45, 2.75) is 0 Å². The third-order valence-corrected chi connectivity index (χ3v) is 5.91. The zero-order valence-corrected chi connectivity index (χ0v) is 15.3. The number of hydrogen-bond donors (Lipinski definition) is 0. The predicted octanol–water partition coefficient (Wildman–Crippen LogP) is 3.95. The molecule has 0 saturated carbocycles. The van der Waals surface area contributed by atoms with Crippen LogP contribution < -0.4 is 16.4 Å². The van der Waals surface area contributed by atoms with Gasteiger partial charge in [-0.15, -0.1) is 0 Å². The highest BCUT2D eigenvalue weighted by Gasteiger charge is 2.33. The summed E-state index contributed by atoms with van der Waals surface area (Å²) in [7, 11) is 0. The summed E-state index contributed by atoms with van der Waals surface area (Å²) in [6.07, 6.45) is 0. The normalized spacial score (nSPS) is 12.4. The Morgan fingerprint density at radius 1 is 0.714 bits per heavy atom. The molecule has 28 heavy (non-hydrogen) atoms. The van der Waals surface area contributed by atoms with E-state index in [1.165, 1.54) is 43.9 Å². The van der Waals surface area contributed by atoms with Crippen LogP contribution in [-0.2, 0) is 0 Å². The van der Waals surface area contributed by atoms with Gasteiger partial charge in [-0.25, -0.2) is 0 Å². The summed E-state index contributed by atoms with van der Waals surface area (Å²) in [4.78, 5) is 4.15. The van der Waals surface area contributed by atoms with Crippen molar-refractivity contribution in [3.63, 3.8) is 0 Å². The third-order valence-electron chi connectivity index (χ3n) is 5.91. The molecule has 1 aromatic heterocycles. The average molecular weight is 356 g/mol. The van der Waals surface area contributed by atoms with Crippen LogP contribution in [0, 0.1) is 0 Å². The fourth-order valence-electron chi connectivity index (χ4n) is 4.79. The second kappa shape index (κ2) is 5.70. The summed E-state index contributed by atoms with van der Waals surface area (Å²) in [5.41, 5.74) is 8.66. The number of aromatic nitrogens is 1. The molecule has 0 amide bonds. The lowest BCUT2D eigenvalue weighted by molar-refractivity contribution is 1.19. The molecular weight excluding hydrogens is 339 g/mol. The second-order valence-corrected chi connectivity index (χ2v) is 7.34. The molecule has 1 aliphatic heterocycles. The summed E-state index contributed by atoms with van der Waals surface area (Å²) in [5.74, 6) is 0. The largest absolute Gasteiger partial charge is 0.310 e. The highest BCUT2D eigenvalue weighted by Crippen LogP contribution is 2.32.